The van der Waals surface area contributed by atoms with Gasteiger partial charge in [-0.05, 0) is 37.3 Å². The van der Waals surface area contributed by atoms with E-state index in [1.807, 2.05) is 18.2 Å². The molecule has 2 aliphatic carbocycles. The van der Waals surface area contributed by atoms with Crippen LogP contribution in [0.25, 0.3) is 0 Å². The number of rotatable bonds is 6. The number of carbonyl (C=O) groups is 1. The zero-order chi connectivity index (χ0) is 14.7. The largest absolute Gasteiger partial charge is 0.334 e. The van der Waals surface area contributed by atoms with E-state index in [4.69, 9.17) is 0 Å². The van der Waals surface area contributed by atoms with Gasteiger partial charge in [-0.25, -0.2) is 0 Å². The number of nitrogens with one attached hydrogen (secondary N) is 1. The zero-order valence-electron chi connectivity index (χ0n) is 12.4. The molecule has 0 radical (unpaired) electrons. The van der Waals surface area contributed by atoms with Gasteiger partial charge in [0.25, 0.3) is 0 Å². The lowest BCUT2D eigenvalue weighted by Gasteiger charge is -2.24. The lowest BCUT2D eigenvalue weighted by molar-refractivity contribution is -0.131. The van der Waals surface area contributed by atoms with Gasteiger partial charge in [0.15, 0.2) is 0 Å². The van der Waals surface area contributed by atoms with Crippen molar-refractivity contribution in [1.29, 1.82) is 0 Å². The third kappa shape index (κ3) is 4.07. The Bertz CT molecular complexity index is 495. The second kappa shape index (κ2) is 6.93. The van der Waals surface area contributed by atoms with Crippen LogP contribution in [0.15, 0.2) is 28.7 Å². The van der Waals surface area contributed by atoms with E-state index >= 15 is 0 Å². The van der Waals surface area contributed by atoms with Crippen molar-refractivity contribution < 1.29 is 4.79 Å². The summed E-state index contributed by atoms with van der Waals surface area (Å²) in [6.07, 6.45) is 7.35. The van der Waals surface area contributed by atoms with Gasteiger partial charge in [0, 0.05) is 23.1 Å². The van der Waals surface area contributed by atoms with Crippen molar-refractivity contribution >= 4 is 21.8 Å². The molecule has 0 unspecified atom stereocenters. The van der Waals surface area contributed by atoms with Crippen LogP contribution in [-0.2, 0) is 11.3 Å². The molecule has 0 heterocycles. The van der Waals surface area contributed by atoms with Crippen LogP contribution >= 0.6 is 15.9 Å². The highest BCUT2D eigenvalue weighted by Gasteiger charge is 2.32. The number of halogens is 1. The first-order valence-electron chi connectivity index (χ1n) is 8.00. The Morgan fingerprint density at radius 1 is 1.19 bits per heavy atom. The van der Waals surface area contributed by atoms with Gasteiger partial charge in [0.1, 0.15) is 0 Å². The number of amides is 1. The van der Waals surface area contributed by atoms with Crippen molar-refractivity contribution in [2.75, 3.05) is 6.54 Å². The molecular weight excluding hydrogens is 328 g/mol. The van der Waals surface area contributed by atoms with Crippen molar-refractivity contribution in [3.05, 3.63) is 34.3 Å². The van der Waals surface area contributed by atoms with E-state index in [0.717, 1.165) is 23.9 Å². The molecule has 2 aliphatic rings. The van der Waals surface area contributed by atoms with Gasteiger partial charge >= 0.3 is 0 Å². The van der Waals surface area contributed by atoms with Gasteiger partial charge in [-0.15, -0.1) is 0 Å². The third-order valence-electron chi connectivity index (χ3n) is 4.50. The first kappa shape index (κ1) is 15.0. The highest BCUT2D eigenvalue weighted by atomic mass is 79.9. The van der Waals surface area contributed by atoms with Crippen LogP contribution in [-0.4, -0.2) is 29.4 Å². The maximum absolute atomic E-state index is 12.5. The van der Waals surface area contributed by atoms with Gasteiger partial charge in [0.2, 0.25) is 5.91 Å². The molecule has 0 bridgehead atoms. The average Bonchev–Trinajstić information content (AvgIpc) is 3.19. The minimum atomic E-state index is 0.250. The highest BCUT2D eigenvalue weighted by Crippen LogP contribution is 2.30. The average molecular weight is 351 g/mol. The van der Waals surface area contributed by atoms with Crippen molar-refractivity contribution in [2.24, 2.45) is 0 Å². The van der Waals surface area contributed by atoms with Gasteiger partial charge in [-0.1, -0.05) is 47.0 Å². The molecule has 1 aromatic carbocycles. The standard InChI is InChI=1S/C17H23BrN2O/c18-16-8-4-1-5-13(16)12-20(15-9-10-15)17(21)11-19-14-6-2-3-7-14/h1,4-5,8,14-15,19H,2-3,6-7,9-12H2. The van der Waals surface area contributed by atoms with Crippen molar-refractivity contribution in [3.8, 4) is 0 Å². The van der Waals surface area contributed by atoms with Crippen LogP contribution in [0.2, 0.25) is 0 Å². The molecule has 0 spiro atoms. The molecule has 0 atom stereocenters. The molecule has 4 heteroatoms. The van der Waals surface area contributed by atoms with Gasteiger partial charge in [0.05, 0.1) is 6.54 Å². The van der Waals surface area contributed by atoms with E-state index in [-0.39, 0.29) is 5.91 Å². The maximum Gasteiger partial charge on any atom is 0.237 e. The molecule has 1 N–H and O–H groups in total. The Kier molecular flexibility index (Phi) is 4.96. The lowest BCUT2D eigenvalue weighted by atomic mass is 10.2. The summed E-state index contributed by atoms with van der Waals surface area (Å²) in [5.41, 5.74) is 1.19. The van der Waals surface area contributed by atoms with E-state index in [0.29, 0.717) is 18.6 Å². The van der Waals surface area contributed by atoms with Crippen molar-refractivity contribution in [3.63, 3.8) is 0 Å². The quantitative estimate of drug-likeness (QED) is 0.851. The summed E-state index contributed by atoms with van der Waals surface area (Å²) in [6, 6.07) is 9.19. The molecule has 114 valence electrons. The van der Waals surface area contributed by atoms with E-state index in [1.54, 1.807) is 0 Å². The first-order valence-corrected chi connectivity index (χ1v) is 8.79. The molecular formula is C17H23BrN2O. The summed E-state index contributed by atoms with van der Waals surface area (Å²) in [7, 11) is 0. The fourth-order valence-electron chi connectivity index (χ4n) is 3.08. The van der Waals surface area contributed by atoms with E-state index in [9.17, 15) is 4.79 Å². The maximum atomic E-state index is 12.5. The Labute approximate surface area is 135 Å². The molecule has 0 aromatic heterocycles. The SMILES string of the molecule is O=C(CNC1CCCC1)N(Cc1ccccc1Br)C1CC1. The Balaban J connectivity index is 1.58. The molecule has 1 aromatic rings. The predicted octanol–water partition coefficient (Wildman–Crippen LogP) is 3.47. The molecule has 1 amide bonds. The topological polar surface area (TPSA) is 32.3 Å². The normalized spacial score (nSPS) is 18.9. The number of nitrogens with zero attached hydrogens (tertiary/aromatic N) is 1. The van der Waals surface area contributed by atoms with Crippen LogP contribution in [0.3, 0.4) is 0 Å². The molecule has 3 nitrogen and oxygen atoms in total. The predicted molar refractivity (Wildman–Crippen MR) is 88.0 cm³/mol. The Morgan fingerprint density at radius 2 is 1.90 bits per heavy atom. The minimum absolute atomic E-state index is 0.250. The second-order valence-corrected chi connectivity index (χ2v) is 7.06. The number of hydrogen-bond donors (Lipinski definition) is 1. The second-order valence-electron chi connectivity index (χ2n) is 6.21. The van der Waals surface area contributed by atoms with Crippen LogP contribution in [0, 0.1) is 0 Å². The Hall–Kier alpha value is -0.870. The van der Waals surface area contributed by atoms with Crippen molar-refractivity contribution in [2.45, 2.75) is 57.2 Å². The summed E-state index contributed by atoms with van der Waals surface area (Å²) < 4.78 is 1.09. The fraction of sp³-hybridized carbons (Fsp3) is 0.588. The van der Waals surface area contributed by atoms with Gasteiger partial charge < -0.3 is 10.2 Å². The van der Waals surface area contributed by atoms with Crippen LogP contribution in [0.1, 0.15) is 44.1 Å². The van der Waals surface area contributed by atoms with Crippen molar-refractivity contribution in [1.82, 2.24) is 10.2 Å². The summed E-state index contributed by atoms with van der Waals surface area (Å²) >= 11 is 3.58. The molecule has 2 saturated carbocycles. The summed E-state index contributed by atoms with van der Waals surface area (Å²) in [5.74, 6) is 0.250. The monoisotopic (exact) mass is 350 g/mol. The van der Waals surface area contributed by atoms with Crippen LogP contribution in [0.4, 0.5) is 0 Å². The number of carbonyl (C=O) groups excluding carboxylic acids is 1. The molecule has 2 fully saturated rings. The minimum Gasteiger partial charge on any atom is -0.334 e. The third-order valence-corrected chi connectivity index (χ3v) is 5.28. The summed E-state index contributed by atoms with van der Waals surface area (Å²) in [5, 5.41) is 3.44. The van der Waals surface area contributed by atoms with Gasteiger partial charge in [-0.3, -0.25) is 4.79 Å². The summed E-state index contributed by atoms with van der Waals surface area (Å²) in [4.78, 5) is 14.6. The highest BCUT2D eigenvalue weighted by molar-refractivity contribution is 9.10. The Morgan fingerprint density at radius 3 is 2.57 bits per heavy atom. The number of hydrogen-bond acceptors (Lipinski definition) is 2. The number of benzene rings is 1. The lowest BCUT2D eigenvalue weighted by Crippen LogP contribution is -2.41. The first-order chi connectivity index (χ1) is 10.2. The van der Waals surface area contributed by atoms with E-state index in [1.165, 1.54) is 31.2 Å². The van der Waals surface area contributed by atoms with Gasteiger partial charge in [-0.2, -0.15) is 0 Å². The zero-order valence-corrected chi connectivity index (χ0v) is 13.9. The molecule has 3 rings (SSSR count). The molecule has 0 saturated heterocycles. The van der Waals surface area contributed by atoms with E-state index < -0.39 is 0 Å². The molecule has 0 aliphatic heterocycles. The fourth-order valence-corrected chi connectivity index (χ4v) is 3.49. The smallest absolute Gasteiger partial charge is 0.237 e. The van der Waals surface area contributed by atoms with Crippen LogP contribution in [0.5, 0.6) is 0 Å². The summed E-state index contributed by atoms with van der Waals surface area (Å²) in [6.45, 7) is 1.21. The molecule has 21 heavy (non-hydrogen) atoms. The van der Waals surface area contributed by atoms with Crippen LogP contribution < -0.4 is 5.32 Å². The van der Waals surface area contributed by atoms with E-state index in [2.05, 4.69) is 32.2 Å².